The average Bonchev–Trinajstić information content (AvgIpc) is 3.08. The molecule has 3 aliphatic carbocycles. The minimum atomic E-state index is -1.80. The predicted molar refractivity (Wildman–Crippen MR) is 109 cm³/mol. The number of carbonyl (C=O) groups is 1. The molecule has 1 heterocycles. The van der Waals surface area contributed by atoms with Gasteiger partial charge in [0.25, 0.3) is 0 Å². The van der Waals surface area contributed by atoms with Crippen LogP contribution in [0.3, 0.4) is 0 Å². The normalized spacial score (nSPS) is 44.1. The Morgan fingerprint density at radius 3 is 2.58 bits per heavy atom. The van der Waals surface area contributed by atoms with Crippen LogP contribution in [0.15, 0.2) is 18.2 Å². The SMILES string of the molecule is C[C@]12CC[C@@H]3c4ccc(O[C@@H]5O[C@H](C(=O)[O-])[C@@H](O)[C@H](O)[C@H]5O)cc4CC[C@H]3[C@@H]1CC[C@@H]2O.[Na+]. The van der Waals surface area contributed by atoms with Gasteiger partial charge in [0.05, 0.1) is 12.1 Å². The third kappa shape index (κ3) is 4.16. The monoisotopic (exact) mass is 470 g/mol. The number of ether oxygens (including phenoxy) is 2. The van der Waals surface area contributed by atoms with Crippen LogP contribution in [0.25, 0.3) is 0 Å². The quantitative estimate of drug-likeness (QED) is 0.340. The summed E-state index contributed by atoms with van der Waals surface area (Å²) in [5, 5.41) is 51.7. The summed E-state index contributed by atoms with van der Waals surface area (Å²) in [6.07, 6.45) is -2.61. The Morgan fingerprint density at radius 1 is 1.09 bits per heavy atom. The summed E-state index contributed by atoms with van der Waals surface area (Å²) in [4.78, 5) is 11.2. The molecule has 1 saturated heterocycles. The Kier molecular flexibility index (Phi) is 7.22. The Balaban J connectivity index is 0.00000259. The number of aliphatic carboxylic acids is 1. The summed E-state index contributed by atoms with van der Waals surface area (Å²) in [7, 11) is 0. The first kappa shape index (κ1) is 25.4. The van der Waals surface area contributed by atoms with Crippen LogP contribution in [0, 0.1) is 17.3 Å². The first-order valence-corrected chi connectivity index (χ1v) is 11.6. The molecule has 0 radical (unpaired) electrons. The summed E-state index contributed by atoms with van der Waals surface area (Å²) in [6, 6.07) is 5.71. The maximum atomic E-state index is 11.2. The van der Waals surface area contributed by atoms with Gasteiger partial charge in [-0.1, -0.05) is 13.0 Å². The molecule has 1 aliphatic heterocycles. The smallest absolute Gasteiger partial charge is 0.547 e. The number of aliphatic hydroxyl groups excluding tert-OH is 4. The second-order valence-electron chi connectivity index (χ2n) is 10.2. The van der Waals surface area contributed by atoms with E-state index in [1.807, 2.05) is 12.1 Å². The summed E-state index contributed by atoms with van der Waals surface area (Å²) >= 11 is 0. The molecule has 9 heteroatoms. The molecule has 33 heavy (non-hydrogen) atoms. The third-order valence-corrected chi connectivity index (χ3v) is 8.70. The third-order valence-electron chi connectivity index (χ3n) is 8.70. The Labute approximate surface area is 215 Å². The number of carboxylic acid groups (broad SMARTS) is 1. The molecule has 1 aromatic carbocycles. The number of aryl methyl sites for hydroxylation is 1. The zero-order valence-electron chi connectivity index (χ0n) is 19.1. The fourth-order valence-electron chi connectivity index (χ4n) is 6.88. The minimum Gasteiger partial charge on any atom is -0.547 e. The Hall–Kier alpha value is -0.710. The zero-order valence-corrected chi connectivity index (χ0v) is 21.1. The first-order valence-electron chi connectivity index (χ1n) is 11.6. The maximum absolute atomic E-state index is 11.2. The van der Waals surface area contributed by atoms with E-state index in [0.29, 0.717) is 23.5 Å². The molecule has 10 atom stereocenters. The van der Waals surface area contributed by atoms with E-state index in [4.69, 9.17) is 9.47 Å². The van der Waals surface area contributed by atoms with E-state index >= 15 is 0 Å². The second kappa shape index (κ2) is 9.39. The van der Waals surface area contributed by atoms with Gasteiger partial charge in [-0.05, 0) is 85.0 Å². The van der Waals surface area contributed by atoms with Crippen LogP contribution in [0.4, 0.5) is 0 Å². The molecule has 0 aromatic heterocycles. The maximum Gasteiger partial charge on any atom is 1.00 e. The molecule has 0 amide bonds. The molecule has 4 N–H and O–H groups in total. The van der Waals surface area contributed by atoms with Crippen molar-refractivity contribution in [2.24, 2.45) is 17.3 Å². The van der Waals surface area contributed by atoms with Gasteiger partial charge in [-0.15, -0.1) is 0 Å². The molecule has 1 aromatic rings. The van der Waals surface area contributed by atoms with Crippen molar-refractivity contribution in [3.05, 3.63) is 29.3 Å². The van der Waals surface area contributed by atoms with Crippen LogP contribution >= 0.6 is 0 Å². The van der Waals surface area contributed by atoms with E-state index in [0.717, 1.165) is 44.1 Å². The molecule has 176 valence electrons. The average molecular weight is 470 g/mol. The summed E-state index contributed by atoms with van der Waals surface area (Å²) in [6.45, 7) is 2.25. The molecule has 5 rings (SSSR count). The number of hydrogen-bond donors (Lipinski definition) is 4. The summed E-state index contributed by atoms with van der Waals surface area (Å²) < 4.78 is 10.9. The topological polar surface area (TPSA) is 140 Å². The van der Waals surface area contributed by atoms with Gasteiger partial charge in [-0.3, -0.25) is 0 Å². The molecular formula is C24H31NaO8. The molecular weight excluding hydrogens is 439 g/mol. The van der Waals surface area contributed by atoms with Crippen molar-refractivity contribution in [1.29, 1.82) is 0 Å². The fourth-order valence-corrected chi connectivity index (χ4v) is 6.88. The van der Waals surface area contributed by atoms with E-state index in [2.05, 4.69) is 6.92 Å². The fraction of sp³-hybridized carbons (Fsp3) is 0.708. The molecule has 0 spiro atoms. The van der Waals surface area contributed by atoms with E-state index in [9.17, 15) is 30.3 Å². The van der Waals surface area contributed by atoms with Crippen molar-refractivity contribution in [2.45, 2.75) is 88.2 Å². The minimum absolute atomic E-state index is 0. The van der Waals surface area contributed by atoms with Gasteiger partial charge >= 0.3 is 29.6 Å². The van der Waals surface area contributed by atoms with Gasteiger partial charge in [0.15, 0.2) is 0 Å². The standard InChI is InChI=1S/C24H32O8.Na/c1-24-9-8-14-13-5-3-12(10-11(13)2-4-15(14)16(24)6-7-17(24)25)31-23-20(28)18(26)19(27)21(32-23)22(29)30;/h3,5,10,14-21,23,25-28H,2,4,6-9H2,1H3,(H,29,30);/q;+1/p-1/t14-,15-,16+,17+,18+,19+,20-,21+,23-,24+;/m1./s1. The van der Waals surface area contributed by atoms with Gasteiger partial charge in [0.1, 0.15) is 30.2 Å². The van der Waals surface area contributed by atoms with Crippen LogP contribution in [0.1, 0.15) is 56.1 Å². The molecule has 2 saturated carbocycles. The van der Waals surface area contributed by atoms with E-state index in [1.165, 1.54) is 5.56 Å². The Bertz CT molecular complexity index is 895. The number of hydrogen-bond acceptors (Lipinski definition) is 8. The van der Waals surface area contributed by atoms with Crippen molar-refractivity contribution in [1.82, 2.24) is 0 Å². The van der Waals surface area contributed by atoms with Gasteiger partial charge in [0.2, 0.25) is 6.29 Å². The van der Waals surface area contributed by atoms with Crippen LogP contribution in [0.2, 0.25) is 0 Å². The molecule has 4 aliphatic rings. The van der Waals surface area contributed by atoms with Crippen molar-refractivity contribution in [3.8, 4) is 5.75 Å². The van der Waals surface area contributed by atoms with Crippen LogP contribution < -0.4 is 39.4 Å². The summed E-state index contributed by atoms with van der Waals surface area (Å²) in [5.41, 5.74) is 2.48. The van der Waals surface area contributed by atoms with E-state index in [1.54, 1.807) is 6.07 Å². The van der Waals surface area contributed by atoms with Crippen LogP contribution in [-0.2, 0) is 16.0 Å². The number of carbonyl (C=O) groups excluding carboxylic acids is 1. The number of benzene rings is 1. The molecule has 0 bridgehead atoms. The second-order valence-corrected chi connectivity index (χ2v) is 10.2. The zero-order chi connectivity index (χ0) is 22.8. The number of carboxylic acids is 1. The largest absolute Gasteiger partial charge is 1.00 e. The van der Waals surface area contributed by atoms with Crippen molar-refractivity contribution in [3.63, 3.8) is 0 Å². The van der Waals surface area contributed by atoms with Gasteiger partial charge in [-0.25, -0.2) is 0 Å². The summed E-state index contributed by atoms with van der Waals surface area (Å²) in [5.74, 6) is 0.278. The number of fused-ring (bicyclic) bond motifs is 5. The van der Waals surface area contributed by atoms with Gasteiger partial charge in [-0.2, -0.15) is 0 Å². The van der Waals surface area contributed by atoms with Gasteiger partial charge < -0.3 is 39.8 Å². The molecule has 0 unspecified atom stereocenters. The van der Waals surface area contributed by atoms with Crippen molar-refractivity contribution >= 4 is 5.97 Å². The van der Waals surface area contributed by atoms with Crippen LogP contribution in [-0.4, -0.2) is 63.2 Å². The van der Waals surface area contributed by atoms with E-state index < -0.39 is 36.7 Å². The number of aliphatic hydroxyl groups is 4. The van der Waals surface area contributed by atoms with Gasteiger partial charge in [0, 0.05) is 0 Å². The predicted octanol–water partition coefficient (Wildman–Crippen LogP) is -3.16. The molecule has 3 fully saturated rings. The Morgan fingerprint density at radius 2 is 1.85 bits per heavy atom. The van der Waals surface area contributed by atoms with Crippen molar-refractivity contribution < 1.29 is 69.4 Å². The van der Waals surface area contributed by atoms with E-state index in [-0.39, 0.29) is 41.1 Å². The van der Waals surface area contributed by atoms with Crippen molar-refractivity contribution in [2.75, 3.05) is 0 Å². The molecule has 8 nitrogen and oxygen atoms in total. The number of rotatable bonds is 3. The first-order chi connectivity index (χ1) is 15.2. The van der Waals surface area contributed by atoms with Crippen LogP contribution in [0.5, 0.6) is 5.75 Å².